The van der Waals surface area contributed by atoms with Crippen molar-refractivity contribution in [1.82, 2.24) is 20.5 Å². The van der Waals surface area contributed by atoms with Crippen LogP contribution < -0.4 is 10.6 Å². The molecule has 1 saturated heterocycles. The summed E-state index contributed by atoms with van der Waals surface area (Å²) in [6.07, 6.45) is 3.35. The number of nitrogens with zero attached hydrogens (tertiary/aromatic N) is 3. The van der Waals surface area contributed by atoms with Gasteiger partial charge >= 0.3 is 0 Å². The Morgan fingerprint density at radius 2 is 2.35 bits per heavy atom. The SMILES string of the molecule is CCc1nnc(Nc2cccc([C@H]3CCCNC3)n2)s1. The first-order valence-corrected chi connectivity index (χ1v) is 7.94. The zero-order valence-corrected chi connectivity index (χ0v) is 12.4. The van der Waals surface area contributed by atoms with Gasteiger partial charge in [0.05, 0.1) is 0 Å². The van der Waals surface area contributed by atoms with E-state index in [0.717, 1.165) is 41.2 Å². The Kier molecular flexibility index (Phi) is 4.22. The predicted octanol–water partition coefficient (Wildman–Crippen LogP) is 2.71. The van der Waals surface area contributed by atoms with Gasteiger partial charge in [0.25, 0.3) is 0 Å². The van der Waals surface area contributed by atoms with Gasteiger partial charge in [-0.1, -0.05) is 24.3 Å². The smallest absolute Gasteiger partial charge is 0.211 e. The molecular weight excluding hydrogens is 270 g/mol. The van der Waals surface area contributed by atoms with Crippen LogP contribution in [0.4, 0.5) is 10.9 Å². The van der Waals surface area contributed by atoms with Crippen molar-refractivity contribution in [2.24, 2.45) is 0 Å². The molecule has 5 nitrogen and oxygen atoms in total. The van der Waals surface area contributed by atoms with E-state index in [-0.39, 0.29) is 0 Å². The topological polar surface area (TPSA) is 62.7 Å². The summed E-state index contributed by atoms with van der Waals surface area (Å²) >= 11 is 1.58. The zero-order valence-electron chi connectivity index (χ0n) is 11.6. The number of hydrogen-bond acceptors (Lipinski definition) is 6. The Morgan fingerprint density at radius 3 is 3.10 bits per heavy atom. The number of hydrogen-bond donors (Lipinski definition) is 2. The fourth-order valence-corrected chi connectivity index (χ4v) is 3.10. The third-order valence-corrected chi connectivity index (χ3v) is 4.47. The lowest BCUT2D eigenvalue weighted by atomic mass is 9.96. The summed E-state index contributed by atoms with van der Waals surface area (Å²) in [6.45, 7) is 4.23. The summed E-state index contributed by atoms with van der Waals surface area (Å²) in [5.74, 6) is 1.37. The standard InChI is InChI=1S/C14H19N5S/c1-2-13-18-19-14(20-13)17-12-7-3-6-11(16-12)10-5-4-8-15-9-10/h3,6-7,10,15H,2,4-5,8-9H2,1H3,(H,16,17,19)/t10-/m0/s1. The zero-order chi connectivity index (χ0) is 13.8. The van der Waals surface area contributed by atoms with Crippen LogP contribution >= 0.6 is 11.3 Å². The van der Waals surface area contributed by atoms with Gasteiger partial charge in [-0.15, -0.1) is 10.2 Å². The minimum atomic E-state index is 0.520. The van der Waals surface area contributed by atoms with Crippen molar-refractivity contribution in [3.63, 3.8) is 0 Å². The summed E-state index contributed by atoms with van der Waals surface area (Å²) < 4.78 is 0. The number of aromatic nitrogens is 3. The average molecular weight is 289 g/mol. The van der Waals surface area contributed by atoms with Crippen molar-refractivity contribution in [2.75, 3.05) is 18.4 Å². The van der Waals surface area contributed by atoms with E-state index in [1.165, 1.54) is 12.8 Å². The highest BCUT2D eigenvalue weighted by Gasteiger charge is 2.16. The predicted molar refractivity (Wildman–Crippen MR) is 81.7 cm³/mol. The fraction of sp³-hybridized carbons (Fsp3) is 0.500. The summed E-state index contributed by atoms with van der Waals surface area (Å²) in [4.78, 5) is 4.71. The molecule has 0 bridgehead atoms. The van der Waals surface area contributed by atoms with E-state index in [4.69, 9.17) is 4.98 Å². The van der Waals surface area contributed by atoms with Crippen LogP contribution in [0.1, 0.15) is 36.4 Å². The number of rotatable bonds is 4. The molecular formula is C14H19N5S. The summed E-state index contributed by atoms with van der Waals surface area (Å²) in [5.41, 5.74) is 1.16. The second-order valence-electron chi connectivity index (χ2n) is 4.97. The summed E-state index contributed by atoms with van der Waals surface area (Å²) in [5, 5.41) is 16.8. The maximum Gasteiger partial charge on any atom is 0.211 e. The number of piperidine rings is 1. The van der Waals surface area contributed by atoms with Crippen LogP contribution in [0.15, 0.2) is 18.2 Å². The Labute approximate surface area is 122 Å². The van der Waals surface area contributed by atoms with E-state index in [2.05, 4.69) is 39.9 Å². The molecule has 2 N–H and O–H groups in total. The molecule has 20 heavy (non-hydrogen) atoms. The quantitative estimate of drug-likeness (QED) is 0.906. The lowest BCUT2D eigenvalue weighted by molar-refractivity contribution is 0.455. The fourth-order valence-electron chi connectivity index (χ4n) is 2.41. The van der Waals surface area contributed by atoms with E-state index in [0.29, 0.717) is 5.92 Å². The minimum Gasteiger partial charge on any atom is -0.316 e. The van der Waals surface area contributed by atoms with Crippen molar-refractivity contribution in [3.8, 4) is 0 Å². The molecule has 1 aliphatic heterocycles. The third-order valence-electron chi connectivity index (χ3n) is 3.49. The first kappa shape index (κ1) is 13.5. The molecule has 0 aliphatic carbocycles. The Morgan fingerprint density at radius 1 is 1.40 bits per heavy atom. The lowest BCUT2D eigenvalue weighted by Crippen LogP contribution is -2.28. The highest BCUT2D eigenvalue weighted by atomic mass is 32.1. The van der Waals surface area contributed by atoms with Crippen LogP contribution in [0.2, 0.25) is 0 Å². The van der Waals surface area contributed by atoms with Gasteiger partial charge in [0, 0.05) is 18.2 Å². The van der Waals surface area contributed by atoms with Gasteiger partial charge in [0.15, 0.2) is 0 Å². The lowest BCUT2D eigenvalue weighted by Gasteiger charge is -2.22. The van der Waals surface area contributed by atoms with E-state index < -0.39 is 0 Å². The van der Waals surface area contributed by atoms with E-state index in [1.807, 2.05) is 6.07 Å². The van der Waals surface area contributed by atoms with Crippen LogP contribution in [-0.2, 0) is 6.42 Å². The normalized spacial score (nSPS) is 18.9. The Bertz CT molecular complexity index is 562. The second kappa shape index (κ2) is 6.28. The Hall–Kier alpha value is -1.53. The van der Waals surface area contributed by atoms with Crippen LogP contribution in [0.25, 0.3) is 0 Å². The van der Waals surface area contributed by atoms with E-state index in [1.54, 1.807) is 11.3 Å². The molecule has 0 aromatic carbocycles. The molecule has 0 amide bonds. The van der Waals surface area contributed by atoms with E-state index >= 15 is 0 Å². The largest absolute Gasteiger partial charge is 0.316 e. The van der Waals surface area contributed by atoms with Crippen LogP contribution in [0.5, 0.6) is 0 Å². The van der Waals surface area contributed by atoms with Crippen LogP contribution in [-0.4, -0.2) is 28.3 Å². The first-order chi connectivity index (χ1) is 9.85. The molecule has 0 saturated carbocycles. The number of nitrogens with one attached hydrogen (secondary N) is 2. The Balaban J connectivity index is 1.73. The average Bonchev–Trinajstić information content (AvgIpc) is 2.96. The molecule has 1 fully saturated rings. The van der Waals surface area contributed by atoms with Gasteiger partial charge in [0.1, 0.15) is 10.8 Å². The number of anilines is 2. The highest BCUT2D eigenvalue weighted by molar-refractivity contribution is 7.15. The van der Waals surface area contributed by atoms with Crippen molar-refractivity contribution in [3.05, 3.63) is 28.9 Å². The number of pyridine rings is 1. The molecule has 6 heteroatoms. The van der Waals surface area contributed by atoms with Gasteiger partial charge in [0.2, 0.25) is 5.13 Å². The van der Waals surface area contributed by atoms with Gasteiger partial charge < -0.3 is 10.6 Å². The molecule has 0 spiro atoms. The van der Waals surface area contributed by atoms with E-state index in [9.17, 15) is 0 Å². The molecule has 1 aliphatic rings. The van der Waals surface area contributed by atoms with Crippen molar-refractivity contribution < 1.29 is 0 Å². The maximum absolute atomic E-state index is 4.71. The summed E-state index contributed by atoms with van der Waals surface area (Å²) in [7, 11) is 0. The minimum absolute atomic E-state index is 0.520. The van der Waals surface area contributed by atoms with Gasteiger partial charge in [-0.2, -0.15) is 0 Å². The molecule has 3 heterocycles. The second-order valence-corrected chi connectivity index (χ2v) is 6.03. The van der Waals surface area contributed by atoms with Gasteiger partial charge in [-0.3, -0.25) is 0 Å². The van der Waals surface area contributed by atoms with Crippen molar-refractivity contribution in [1.29, 1.82) is 0 Å². The maximum atomic E-state index is 4.71. The van der Waals surface area contributed by atoms with Crippen LogP contribution in [0.3, 0.4) is 0 Å². The molecule has 0 radical (unpaired) electrons. The monoisotopic (exact) mass is 289 g/mol. The molecule has 1 atom stereocenters. The molecule has 106 valence electrons. The van der Waals surface area contributed by atoms with Crippen molar-refractivity contribution >= 4 is 22.3 Å². The molecule has 2 aromatic heterocycles. The molecule has 2 aromatic rings. The first-order valence-electron chi connectivity index (χ1n) is 7.12. The highest BCUT2D eigenvalue weighted by Crippen LogP contribution is 2.24. The summed E-state index contributed by atoms with van der Waals surface area (Å²) in [6, 6.07) is 6.15. The number of aryl methyl sites for hydroxylation is 1. The molecule has 0 unspecified atom stereocenters. The van der Waals surface area contributed by atoms with Crippen LogP contribution in [0, 0.1) is 0 Å². The molecule has 3 rings (SSSR count). The van der Waals surface area contributed by atoms with Gasteiger partial charge in [-0.05, 0) is 37.9 Å². The third kappa shape index (κ3) is 3.13. The van der Waals surface area contributed by atoms with Crippen molar-refractivity contribution in [2.45, 2.75) is 32.1 Å². The van der Waals surface area contributed by atoms with Gasteiger partial charge in [-0.25, -0.2) is 4.98 Å².